The van der Waals surface area contributed by atoms with E-state index in [1.807, 2.05) is 18.6 Å². The van der Waals surface area contributed by atoms with E-state index in [4.69, 9.17) is 4.74 Å². The minimum atomic E-state index is -4.25. The van der Waals surface area contributed by atoms with E-state index in [9.17, 15) is 22.8 Å². The Kier molecular flexibility index (Phi) is 7.08. The summed E-state index contributed by atoms with van der Waals surface area (Å²) in [5.74, 6) is -0.150. The van der Waals surface area contributed by atoms with Crippen molar-refractivity contribution < 1.29 is 27.5 Å². The van der Waals surface area contributed by atoms with Crippen molar-refractivity contribution >= 4 is 28.4 Å². The van der Waals surface area contributed by atoms with E-state index in [0.29, 0.717) is 18.4 Å². The lowest BCUT2D eigenvalue weighted by Gasteiger charge is -2.31. The number of nitrogens with one attached hydrogen (secondary N) is 4. The average molecular weight is 439 g/mol. The van der Waals surface area contributed by atoms with Crippen molar-refractivity contribution in [3.8, 4) is 5.75 Å². The average Bonchev–Trinajstić information content (AvgIpc) is 3.01. The summed E-state index contributed by atoms with van der Waals surface area (Å²) < 4.78 is 32.3. The number of methoxy groups -OCH3 is 1. The van der Waals surface area contributed by atoms with E-state index < -0.39 is 27.5 Å². The minimum absolute atomic E-state index is 0.0277. The summed E-state index contributed by atoms with van der Waals surface area (Å²) in [6.45, 7) is 3.70. The second kappa shape index (κ2) is 9.16. The highest BCUT2D eigenvalue weighted by Gasteiger charge is 2.43. The summed E-state index contributed by atoms with van der Waals surface area (Å²) >= 11 is 0. The number of amides is 4. The van der Waals surface area contributed by atoms with Crippen LogP contribution in [0.15, 0.2) is 34.9 Å². The molecule has 2 unspecified atom stereocenters. The molecule has 0 saturated heterocycles. The number of benzene rings is 1. The molecule has 0 aliphatic carbocycles. The second-order valence-corrected chi connectivity index (χ2v) is 8.52. The van der Waals surface area contributed by atoms with Gasteiger partial charge in [0.25, 0.3) is 10.0 Å². The summed E-state index contributed by atoms with van der Waals surface area (Å²) in [5, 5.41) is 7.55. The van der Waals surface area contributed by atoms with Gasteiger partial charge in [0, 0.05) is 13.2 Å². The van der Waals surface area contributed by atoms with Crippen molar-refractivity contribution in [1.82, 2.24) is 20.7 Å². The standard InChI is InChI=1S/C19H26N4O6S/c1-5-19(12(2)10-21-17(19)25)9-14(22-11-24)13-6-7-15(29-4)16(8-13)30(27,28)23-18(26)20-3/h6-8,10-11,14H,5,9H2,1-4H3,(H,21,25)(H,22,24)(H2,20,23,26). The molecule has 0 aromatic heterocycles. The van der Waals surface area contributed by atoms with Crippen molar-refractivity contribution in [2.45, 2.75) is 37.6 Å². The molecule has 164 valence electrons. The SMILES string of the molecule is CCC1(CC(NC=O)c2ccc(OC)c(S(=O)(=O)NC(=O)NC)c2)C(=O)NC=C1C. The number of carbonyl (C=O) groups is 3. The number of hydrogen-bond acceptors (Lipinski definition) is 6. The van der Waals surface area contributed by atoms with E-state index >= 15 is 0 Å². The lowest BCUT2D eigenvalue weighted by molar-refractivity contribution is -0.128. The molecular weight excluding hydrogens is 412 g/mol. The third kappa shape index (κ3) is 4.40. The fourth-order valence-corrected chi connectivity index (χ4v) is 4.68. The maximum absolute atomic E-state index is 12.7. The molecule has 1 aliphatic rings. The first-order valence-corrected chi connectivity index (χ1v) is 10.7. The third-order valence-corrected chi connectivity index (χ3v) is 6.72. The van der Waals surface area contributed by atoms with Crippen molar-refractivity contribution in [1.29, 1.82) is 0 Å². The fraction of sp³-hybridized carbons (Fsp3) is 0.421. The van der Waals surface area contributed by atoms with Gasteiger partial charge in [0.2, 0.25) is 12.3 Å². The molecule has 0 bridgehead atoms. The Morgan fingerprint density at radius 1 is 1.37 bits per heavy atom. The Labute approximate surface area is 175 Å². The zero-order valence-corrected chi connectivity index (χ0v) is 18.1. The van der Waals surface area contributed by atoms with Gasteiger partial charge in [-0.15, -0.1) is 0 Å². The van der Waals surface area contributed by atoms with Crippen molar-refractivity contribution in [3.05, 3.63) is 35.5 Å². The zero-order valence-electron chi connectivity index (χ0n) is 17.2. The lowest BCUT2D eigenvalue weighted by Crippen LogP contribution is -2.38. The molecule has 2 rings (SSSR count). The van der Waals surface area contributed by atoms with Crippen LogP contribution >= 0.6 is 0 Å². The van der Waals surface area contributed by atoms with Gasteiger partial charge < -0.3 is 20.7 Å². The van der Waals surface area contributed by atoms with Gasteiger partial charge in [-0.2, -0.15) is 0 Å². The second-order valence-electron chi connectivity index (χ2n) is 6.87. The molecule has 0 spiro atoms. The number of rotatable bonds is 9. The molecule has 2 atom stereocenters. The van der Waals surface area contributed by atoms with Crippen LogP contribution in [0.4, 0.5) is 4.79 Å². The van der Waals surface area contributed by atoms with E-state index in [2.05, 4.69) is 16.0 Å². The number of sulfonamides is 1. The summed E-state index contributed by atoms with van der Waals surface area (Å²) in [6, 6.07) is 2.80. The van der Waals surface area contributed by atoms with Crippen LogP contribution in [0.5, 0.6) is 5.75 Å². The monoisotopic (exact) mass is 438 g/mol. The number of urea groups is 1. The van der Waals surface area contributed by atoms with Gasteiger partial charge in [-0.05, 0) is 43.0 Å². The van der Waals surface area contributed by atoms with Gasteiger partial charge in [0.1, 0.15) is 10.6 Å². The summed E-state index contributed by atoms with van der Waals surface area (Å²) in [6.07, 6.45) is 2.87. The maximum atomic E-state index is 12.7. The Balaban J connectivity index is 2.51. The minimum Gasteiger partial charge on any atom is -0.495 e. The Bertz CT molecular complexity index is 975. The van der Waals surface area contributed by atoms with Crippen LogP contribution in [0, 0.1) is 5.41 Å². The fourth-order valence-electron chi connectivity index (χ4n) is 3.52. The summed E-state index contributed by atoms with van der Waals surface area (Å²) in [5.41, 5.74) is 0.441. The van der Waals surface area contributed by atoms with Gasteiger partial charge in [-0.25, -0.2) is 17.9 Å². The maximum Gasteiger partial charge on any atom is 0.328 e. The Hall–Kier alpha value is -3.08. The van der Waals surface area contributed by atoms with E-state index in [1.165, 1.54) is 26.3 Å². The van der Waals surface area contributed by atoms with Gasteiger partial charge in [-0.1, -0.05) is 13.0 Å². The topological polar surface area (TPSA) is 143 Å². The van der Waals surface area contributed by atoms with Crippen LogP contribution in [0.1, 0.15) is 38.3 Å². The molecule has 10 nitrogen and oxygen atoms in total. The van der Waals surface area contributed by atoms with Crippen LogP contribution in [0.3, 0.4) is 0 Å². The molecule has 1 aliphatic heterocycles. The predicted octanol–water partition coefficient (Wildman–Crippen LogP) is 0.920. The third-order valence-electron chi connectivity index (χ3n) is 5.37. The number of hydrogen-bond donors (Lipinski definition) is 4. The van der Waals surface area contributed by atoms with E-state index in [-0.39, 0.29) is 23.0 Å². The molecule has 0 saturated carbocycles. The molecule has 4 N–H and O–H groups in total. The first-order chi connectivity index (χ1) is 14.1. The molecule has 4 amide bonds. The number of ether oxygens (including phenoxy) is 1. The first kappa shape index (κ1) is 23.2. The lowest BCUT2D eigenvalue weighted by atomic mass is 9.73. The van der Waals surface area contributed by atoms with E-state index in [1.54, 1.807) is 12.3 Å². The predicted molar refractivity (Wildman–Crippen MR) is 109 cm³/mol. The van der Waals surface area contributed by atoms with Crippen molar-refractivity contribution in [3.63, 3.8) is 0 Å². The van der Waals surface area contributed by atoms with Crippen LogP contribution < -0.4 is 25.4 Å². The molecule has 11 heteroatoms. The molecule has 1 aromatic carbocycles. The quantitative estimate of drug-likeness (QED) is 0.422. The van der Waals surface area contributed by atoms with Crippen LogP contribution in [0.2, 0.25) is 0 Å². The molecule has 1 heterocycles. The highest BCUT2D eigenvalue weighted by atomic mass is 32.2. The molecule has 0 fully saturated rings. The van der Waals surface area contributed by atoms with Crippen LogP contribution in [0.25, 0.3) is 0 Å². The first-order valence-electron chi connectivity index (χ1n) is 9.25. The van der Waals surface area contributed by atoms with Gasteiger partial charge in [0.05, 0.1) is 18.6 Å². The number of carbonyl (C=O) groups excluding carboxylic acids is 3. The van der Waals surface area contributed by atoms with Gasteiger partial charge >= 0.3 is 6.03 Å². The van der Waals surface area contributed by atoms with E-state index in [0.717, 1.165) is 5.57 Å². The summed E-state index contributed by atoms with van der Waals surface area (Å²) in [7, 11) is -1.66. The summed E-state index contributed by atoms with van der Waals surface area (Å²) in [4.78, 5) is 35.1. The van der Waals surface area contributed by atoms with Crippen LogP contribution in [-0.4, -0.2) is 40.9 Å². The van der Waals surface area contributed by atoms with Crippen molar-refractivity contribution in [2.75, 3.05) is 14.2 Å². The normalized spacial score (nSPS) is 19.3. The Morgan fingerprint density at radius 2 is 2.07 bits per heavy atom. The molecule has 0 radical (unpaired) electrons. The Morgan fingerprint density at radius 3 is 2.57 bits per heavy atom. The largest absolute Gasteiger partial charge is 0.495 e. The van der Waals surface area contributed by atoms with Gasteiger partial charge in [-0.3, -0.25) is 9.59 Å². The van der Waals surface area contributed by atoms with Crippen molar-refractivity contribution in [2.24, 2.45) is 5.41 Å². The van der Waals surface area contributed by atoms with Gasteiger partial charge in [0.15, 0.2) is 0 Å². The molecule has 30 heavy (non-hydrogen) atoms. The zero-order chi connectivity index (χ0) is 22.5. The molecular formula is C19H26N4O6S. The highest BCUT2D eigenvalue weighted by Crippen LogP contribution is 2.43. The van der Waals surface area contributed by atoms with Crippen LogP contribution in [-0.2, 0) is 19.6 Å². The molecule has 1 aromatic rings. The highest BCUT2D eigenvalue weighted by molar-refractivity contribution is 7.90. The smallest absolute Gasteiger partial charge is 0.328 e.